The van der Waals surface area contributed by atoms with Gasteiger partial charge in [0.1, 0.15) is 6.07 Å². The zero-order valence-electron chi connectivity index (χ0n) is 23.4. The number of aromatic nitrogens is 2. The standard InChI is InChI=1S/C32H29ClFN9/c1-19-24(11-12-29(34)38-19)32(28-18-43(42-41-28)23-9-10-23)39-22-14-25-30(21(16-36)17-37-31(25)26(33)15-22)40-27(8-5-13-35)20-6-3-2-4-7-20/h2-4,6-7,11-12,14-15,17-18,23,27,32,39,41-42H,5,8-10H2,1H3,(H,37,40)/t27-,32+/m1/s1. The first-order valence-corrected chi connectivity index (χ1v) is 14.4. The molecular weight excluding hydrogens is 565 g/mol. The Kier molecular flexibility index (Phi) is 7.97. The molecule has 0 spiro atoms. The summed E-state index contributed by atoms with van der Waals surface area (Å²) < 4.78 is 14.0. The lowest BCUT2D eigenvalue weighted by Crippen LogP contribution is -2.38. The van der Waals surface area contributed by atoms with Crippen LogP contribution in [0.2, 0.25) is 5.02 Å². The van der Waals surface area contributed by atoms with E-state index < -0.39 is 12.0 Å². The van der Waals surface area contributed by atoms with Crippen LogP contribution in [0.3, 0.4) is 0 Å². The minimum atomic E-state index is -0.546. The summed E-state index contributed by atoms with van der Waals surface area (Å²) >= 11 is 6.81. The fourth-order valence-corrected chi connectivity index (χ4v) is 5.62. The zero-order chi connectivity index (χ0) is 29.9. The third-order valence-corrected chi connectivity index (χ3v) is 7.97. The number of rotatable bonds is 10. The molecule has 6 rings (SSSR count). The Morgan fingerprint density at radius 3 is 2.67 bits per heavy atom. The Bertz CT molecular complexity index is 1780. The van der Waals surface area contributed by atoms with Gasteiger partial charge >= 0.3 is 0 Å². The van der Waals surface area contributed by atoms with Crippen LogP contribution >= 0.6 is 11.6 Å². The number of nitrogens with zero attached hydrogens (tertiary/aromatic N) is 5. The average molecular weight is 594 g/mol. The molecule has 4 N–H and O–H groups in total. The molecule has 216 valence electrons. The van der Waals surface area contributed by atoms with E-state index >= 15 is 0 Å². The van der Waals surface area contributed by atoms with Crippen LogP contribution < -0.4 is 21.6 Å². The van der Waals surface area contributed by atoms with Gasteiger partial charge in [-0.1, -0.05) is 48.0 Å². The van der Waals surface area contributed by atoms with Crippen molar-refractivity contribution in [1.29, 1.82) is 10.5 Å². The number of benzene rings is 2. The van der Waals surface area contributed by atoms with Crippen LogP contribution in [0.5, 0.6) is 0 Å². The lowest BCUT2D eigenvalue weighted by Gasteiger charge is -2.24. The summed E-state index contributed by atoms with van der Waals surface area (Å²) in [6, 6.07) is 20.9. The molecule has 0 amide bonds. The van der Waals surface area contributed by atoms with Crippen molar-refractivity contribution in [2.75, 3.05) is 10.6 Å². The summed E-state index contributed by atoms with van der Waals surface area (Å²) in [5, 5.41) is 29.6. The molecule has 0 unspecified atom stereocenters. The molecule has 43 heavy (non-hydrogen) atoms. The maximum atomic E-state index is 14.0. The maximum Gasteiger partial charge on any atom is 0.213 e. The molecule has 0 bridgehead atoms. The molecule has 1 aliphatic carbocycles. The number of hydrazine groups is 2. The molecule has 1 saturated carbocycles. The highest BCUT2D eigenvalue weighted by Crippen LogP contribution is 2.38. The Labute approximate surface area is 253 Å². The molecule has 2 atom stereocenters. The van der Waals surface area contributed by atoms with E-state index in [9.17, 15) is 14.9 Å². The first-order valence-electron chi connectivity index (χ1n) is 14.1. The molecule has 1 aliphatic heterocycles. The van der Waals surface area contributed by atoms with Gasteiger partial charge in [0.25, 0.3) is 0 Å². The number of fused-ring (bicyclic) bond motifs is 1. The molecule has 2 aromatic carbocycles. The number of hydrogen-bond donors (Lipinski definition) is 4. The highest BCUT2D eigenvalue weighted by Gasteiger charge is 2.33. The lowest BCUT2D eigenvalue weighted by atomic mass is 10.00. The monoisotopic (exact) mass is 593 g/mol. The van der Waals surface area contributed by atoms with Crippen molar-refractivity contribution >= 4 is 33.9 Å². The van der Waals surface area contributed by atoms with Crippen LogP contribution in [0.25, 0.3) is 10.9 Å². The first-order chi connectivity index (χ1) is 20.9. The fourth-order valence-electron chi connectivity index (χ4n) is 5.35. The van der Waals surface area contributed by atoms with Crippen LogP contribution in [-0.4, -0.2) is 21.0 Å². The van der Waals surface area contributed by atoms with E-state index in [0.29, 0.717) is 57.4 Å². The smallest absolute Gasteiger partial charge is 0.213 e. The number of anilines is 2. The topological polar surface area (TPSA) is 125 Å². The van der Waals surface area contributed by atoms with Crippen molar-refractivity contribution in [3.63, 3.8) is 0 Å². The van der Waals surface area contributed by atoms with Crippen LogP contribution in [0, 0.1) is 35.5 Å². The van der Waals surface area contributed by atoms with Gasteiger partial charge in [-0.15, -0.1) is 5.53 Å². The minimum Gasteiger partial charge on any atom is -0.377 e. The Morgan fingerprint density at radius 2 is 1.95 bits per heavy atom. The molecule has 11 heteroatoms. The number of pyridine rings is 2. The van der Waals surface area contributed by atoms with Crippen molar-refractivity contribution in [1.82, 2.24) is 25.9 Å². The van der Waals surface area contributed by atoms with Crippen LogP contribution in [0.4, 0.5) is 15.8 Å². The van der Waals surface area contributed by atoms with Crippen molar-refractivity contribution in [2.45, 2.75) is 50.7 Å². The molecule has 1 fully saturated rings. The predicted molar refractivity (Wildman–Crippen MR) is 164 cm³/mol. The third-order valence-electron chi connectivity index (χ3n) is 7.68. The minimum absolute atomic E-state index is 0.220. The van der Waals surface area contributed by atoms with Crippen molar-refractivity contribution < 1.29 is 4.39 Å². The van der Waals surface area contributed by atoms with E-state index in [0.717, 1.165) is 29.7 Å². The van der Waals surface area contributed by atoms with Crippen molar-refractivity contribution in [3.05, 3.63) is 106 Å². The fraction of sp³-hybridized carbons (Fsp3) is 0.250. The summed E-state index contributed by atoms with van der Waals surface area (Å²) in [7, 11) is 0. The molecule has 2 aliphatic rings. The van der Waals surface area contributed by atoms with Gasteiger partial charge in [0.05, 0.1) is 45.6 Å². The highest BCUT2D eigenvalue weighted by molar-refractivity contribution is 6.35. The molecular formula is C32H29ClFN9. The second-order valence-electron chi connectivity index (χ2n) is 10.7. The molecule has 4 aromatic rings. The van der Waals surface area contributed by atoms with E-state index in [4.69, 9.17) is 11.6 Å². The van der Waals surface area contributed by atoms with Gasteiger partial charge in [0, 0.05) is 47.2 Å². The van der Waals surface area contributed by atoms with E-state index in [1.807, 2.05) is 47.6 Å². The second kappa shape index (κ2) is 12.1. The molecule has 2 aromatic heterocycles. The normalized spacial score (nSPS) is 15.7. The highest BCUT2D eigenvalue weighted by atomic mass is 35.5. The van der Waals surface area contributed by atoms with Crippen LogP contribution in [0.15, 0.2) is 72.7 Å². The van der Waals surface area contributed by atoms with Gasteiger partial charge in [0.15, 0.2) is 0 Å². The van der Waals surface area contributed by atoms with Crippen LogP contribution in [0.1, 0.15) is 60.2 Å². The van der Waals surface area contributed by atoms with Gasteiger partial charge in [-0.2, -0.15) is 14.9 Å². The van der Waals surface area contributed by atoms with Gasteiger partial charge in [0.2, 0.25) is 5.95 Å². The number of halogens is 2. The van der Waals surface area contributed by atoms with E-state index in [1.165, 1.54) is 12.3 Å². The van der Waals surface area contributed by atoms with E-state index in [-0.39, 0.29) is 6.04 Å². The molecule has 3 heterocycles. The quantitative estimate of drug-likeness (QED) is 0.152. The van der Waals surface area contributed by atoms with E-state index in [1.54, 1.807) is 19.1 Å². The third kappa shape index (κ3) is 6.02. The van der Waals surface area contributed by atoms with Crippen molar-refractivity contribution in [3.8, 4) is 12.1 Å². The Morgan fingerprint density at radius 1 is 1.14 bits per heavy atom. The lowest BCUT2D eigenvalue weighted by molar-refractivity contribution is 0.260. The summed E-state index contributed by atoms with van der Waals surface area (Å²) in [5.41, 5.74) is 11.8. The maximum absolute atomic E-state index is 14.0. The molecule has 0 saturated heterocycles. The molecule has 9 nitrogen and oxygen atoms in total. The number of aryl methyl sites for hydroxylation is 1. The summed E-state index contributed by atoms with van der Waals surface area (Å²) in [4.78, 5) is 8.57. The zero-order valence-corrected chi connectivity index (χ0v) is 24.2. The summed E-state index contributed by atoms with van der Waals surface area (Å²) in [6.45, 7) is 1.78. The SMILES string of the molecule is Cc1nc(F)ccc1[C@H](Nc1cc(Cl)c2ncc(C#N)c(N[C@H](CCC#N)c3ccccc3)c2c1)C1=CN(C2CC2)NN1. The van der Waals surface area contributed by atoms with Gasteiger partial charge < -0.3 is 16.1 Å². The summed E-state index contributed by atoms with van der Waals surface area (Å²) in [5.74, 6) is -0.546. The van der Waals surface area contributed by atoms with E-state index in [2.05, 4.69) is 43.7 Å². The summed E-state index contributed by atoms with van der Waals surface area (Å²) in [6.07, 6.45) is 6.63. The number of nitrogens with one attached hydrogen (secondary N) is 4. The first kappa shape index (κ1) is 28.2. The predicted octanol–water partition coefficient (Wildman–Crippen LogP) is 6.54. The Balaban J connectivity index is 1.42. The number of hydrogen-bond acceptors (Lipinski definition) is 9. The van der Waals surface area contributed by atoms with Crippen LogP contribution in [-0.2, 0) is 0 Å². The number of nitriles is 2. The average Bonchev–Trinajstić information content (AvgIpc) is 3.75. The van der Waals surface area contributed by atoms with Gasteiger partial charge in [-0.3, -0.25) is 9.99 Å². The van der Waals surface area contributed by atoms with Crippen molar-refractivity contribution in [2.24, 2.45) is 0 Å². The second-order valence-corrected chi connectivity index (χ2v) is 11.1. The molecule has 0 radical (unpaired) electrons. The van der Waals surface area contributed by atoms with Gasteiger partial charge in [-0.25, -0.2) is 4.98 Å². The largest absolute Gasteiger partial charge is 0.377 e. The Hall–Kier alpha value is -4.90. The van der Waals surface area contributed by atoms with Gasteiger partial charge in [-0.05, 0) is 49.9 Å².